The molecule has 4 aromatic rings. The number of hydrogen-bond acceptors (Lipinski definition) is 15. The van der Waals surface area contributed by atoms with Crippen LogP contribution >= 0.6 is 11.6 Å². The molecule has 0 radical (unpaired) electrons. The molecule has 4 aromatic heterocycles. The van der Waals surface area contributed by atoms with Crippen LogP contribution in [0.25, 0.3) is 0 Å². The Morgan fingerprint density at radius 3 is 1.40 bits per heavy atom. The van der Waals surface area contributed by atoms with Crippen molar-refractivity contribution in [2.45, 2.75) is 202 Å². The van der Waals surface area contributed by atoms with E-state index in [-0.39, 0.29) is 107 Å². The van der Waals surface area contributed by atoms with E-state index in [4.69, 9.17) is 35.3 Å². The van der Waals surface area contributed by atoms with Gasteiger partial charge in [0.2, 0.25) is 17.6 Å². The van der Waals surface area contributed by atoms with E-state index in [2.05, 4.69) is 29.9 Å². The molecule has 4 saturated heterocycles. The number of aromatic nitrogens is 6. The number of pyridine rings is 2. The van der Waals surface area contributed by atoms with Gasteiger partial charge >= 0.3 is 63.6 Å². The summed E-state index contributed by atoms with van der Waals surface area (Å²) in [6.07, 6.45) is 12.4. The Morgan fingerprint density at radius 1 is 0.629 bits per heavy atom. The summed E-state index contributed by atoms with van der Waals surface area (Å²) in [5.74, 6) is 2.74. The van der Waals surface area contributed by atoms with E-state index in [0.29, 0.717) is 52.7 Å². The zero-order valence-corrected chi connectivity index (χ0v) is 46.8. The zero-order valence-electron chi connectivity index (χ0n) is 42.9. The Balaban J connectivity index is 0.000000281. The summed E-state index contributed by atoms with van der Waals surface area (Å²) in [7, 11) is 0. The number of aliphatic hydroxyl groups excluding tert-OH is 1. The van der Waals surface area contributed by atoms with Crippen LogP contribution < -0.4 is 70.7 Å². The van der Waals surface area contributed by atoms with Gasteiger partial charge in [0.15, 0.2) is 11.5 Å². The van der Waals surface area contributed by atoms with E-state index < -0.39 is 16.8 Å². The van der Waals surface area contributed by atoms with E-state index in [1.54, 1.807) is 39.2 Å². The van der Waals surface area contributed by atoms with Crippen LogP contribution in [0.4, 0.5) is 9.59 Å². The molecule has 4 atom stereocenters. The molecule has 70 heavy (non-hydrogen) atoms. The zero-order chi connectivity index (χ0) is 50.1. The number of hydrogen-bond donors (Lipinski definition) is 1. The number of nitrogens with zero attached hydrogens (tertiary/aromatic N) is 8. The van der Waals surface area contributed by atoms with Gasteiger partial charge in [-0.3, -0.25) is 9.97 Å². The summed E-state index contributed by atoms with van der Waals surface area (Å²) in [5.41, 5.74) is 1.36. The summed E-state index contributed by atoms with van der Waals surface area (Å²) in [6, 6.07) is 7.95. The van der Waals surface area contributed by atoms with Gasteiger partial charge in [0, 0.05) is 55.0 Å². The minimum absolute atomic E-state index is 0. The molecule has 0 aromatic carbocycles. The smallest absolute Gasteiger partial charge is 0.850 e. The van der Waals surface area contributed by atoms with Crippen LogP contribution in [-0.4, -0.2) is 110 Å². The molecule has 0 saturated carbocycles. The van der Waals surface area contributed by atoms with Crippen molar-refractivity contribution in [2.24, 2.45) is 0 Å². The van der Waals surface area contributed by atoms with Crippen molar-refractivity contribution in [3.8, 4) is 29.1 Å². The first kappa shape index (κ1) is 60.6. The standard InChI is InChI=1S/C23H30N4O4.C12H21NO3.C11H10ClN3O.C4H9O.CH4.K/c1-14-20(25-13-26-21(14)30-19-7-6-10-24-15(19)2)29-18-11-16-8-9-17(12-18)27(16)22(28)31-23(3,4)5;1-12(2,3)16-11(15)13-8-4-5-9(13)7-10(14)6-8;1-7-10(12)14-6-15-11(7)16-9-4-3-5-13-8(9)2;1-4(2,3)5;;/h6-7,10,13,16-18H,8-9,11-12H2,1-5H3;8-10,14H,4-7H2,1-3H3;3-6H,1-2H3;1-3H3;1H4;/q;;;-1;;+1. The van der Waals surface area contributed by atoms with Crippen molar-refractivity contribution in [3.63, 3.8) is 0 Å². The second-order valence-electron chi connectivity index (χ2n) is 20.6. The molecule has 0 spiro atoms. The van der Waals surface area contributed by atoms with E-state index in [1.165, 1.54) is 12.7 Å². The number of aryl methyl sites for hydroxylation is 2. The van der Waals surface area contributed by atoms with Gasteiger partial charge < -0.3 is 43.7 Å². The normalized spacial score (nSPS) is 21.1. The van der Waals surface area contributed by atoms with E-state index in [0.717, 1.165) is 55.5 Å². The molecule has 4 fully saturated rings. The maximum absolute atomic E-state index is 12.7. The van der Waals surface area contributed by atoms with Crippen LogP contribution in [0.15, 0.2) is 49.3 Å². The summed E-state index contributed by atoms with van der Waals surface area (Å²) in [5, 5.41) is 20.1. The topological polar surface area (TPSA) is 207 Å². The molecule has 4 unspecified atom stereocenters. The van der Waals surface area contributed by atoms with Gasteiger partial charge in [0.05, 0.1) is 23.1 Å². The van der Waals surface area contributed by atoms with Crippen LogP contribution in [0.1, 0.15) is 144 Å². The number of piperidine rings is 2. The summed E-state index contributed by atoms with van der Waals surface area (Å²) in [4.78, 5) is 53.3. The molecule has 2 amide bonds. The molecule has 4 aliphatic heterocycles. The van der Waals surface area contributed by atoms with Gasteiger partial charge in [0.1, 0.15) is 35.1 Å². The molecule has 1 N–H and O–H groups in total. The fourth-order valence-corrected chi connectivity index (χ4v) is 8.40. The number of carbonyl (C=O) groups is 2. The van der Waals surface area contributed by atoms with Crippen LogP contribution in [-0.2, 0) is 9.47 Å². The monoisotopic (exact) mass is 1020 g/mol. The number of rotatable bonds is 6. The van der Waals surface area contributed by atoms with Crippen molar-refractivity contribution in [1.82, 2.24) is 39.7 Å². The summed E-state index contributed by atoms with van der Waals surface area (Å²) in [6.45, 7) is 23.7. The fourth-order valence-electron chi connectivity index (χ4n) is 8.28. The molecule has 0 aliphatic carbocycles. The van der Waals surface area contributed by atoms with Crippen molar-refractivity contribution >= 4 is 23.8 Å². The second kappa shape index (κ2) is 26.3. The van der Waals surface area contributed by atoms with Crippen molar-refractivity contribution in [3.05, 3.63) is 77.0 Å². The summed E-state index contributed by atoms with van der Waals surface area (Å²) < 4.78 is 28.9. The number of aliphatic hydroxyl groups is 1. The second-order valence-corrected chi connectivity index (χ2v) is 20.9. The Labute approximate surface area is 462 Å². The predicted octanol–water partition coefficient (Wildman–Crippen LogP) is 7.22. The van der Waals surface area contributed by atoms with Crippen molar-refractivity contribution in [2.75, 3.05) is 0 Å². The van der Waals surface area contributed by atoms with Crippen LogP contribution in [0.3, 0.4) is 0 Å². The first-order chi connectivity index (χ1) is 31.8. The molecule has 19 heteroatoms. The van der Waals surface area contributed by atoms with E-state index >= 15 is 0 Å². The molecular formula is C51H74ClKN8O9. The minimum Gasteiger partial charge on any atom is -0.850 e. The fraction of sp³-hybridized carbons (Fsp3) is 0.608. The summed E-state index contributed by atoms with van der Waals surface area (Å²) >= 11 is 5.87. The quantitative estimate of drug-likeness (QED) is 0.149. The number of ether oxygens (including phenoxy) is 5. The van der Waals surface area contributed by atoms with Crippen molar-refractivity contribution < 1.29 is 94.9 Å². The van der Waals surface area contributed by atoms with E-state index in [9.17, 15) is 19.8 Å². The van der Waals surface area contributed by atoms with E-state index in [1.807, 2.05) is 97.2 Å². The average molecular weight is 1020 g/mol. The Hall–Kier alpha value is -3.75. The molecule has 8 rings (SSSR count). The van der Waals surface area contributed by atoms with Gasteiger partial charge in [-0.1, -0.05) is 39.8 Å². The maximum atomic E-state index is 12.7. The third kappa shape index (κ3) is 18.4. The first-order valence-corrected chi connectivity index (χ1v) is 23.7. The molecule has 8 heterocycles. The molecule has 380 valence electrons. The van der Waals surface area contributed by atoms with Gasteiger partial charge in [-0.25, -0.2) is 29.5 Å². The average Bonchev–Trinajstić information content (AvgIpc) is 3.67. The number of halogens is 1. The third-order valence-electron chi connectivity index (χ3n) is 11.2. The molecular weight excluding hydrogens is 943 g/mol. The van der Waals surface area contributed by atoms with Gasteiger partial charge in [-0.15, -0.1) is 5.60 Å². The molecule has 4 bridgehead atoms. The molecule has 17 nitrogen and oxygen atoms in total. The maximum Gasteiger partial charge on any atom is 1.00 e. The third-order valence-corrected chi connectivity index (χ3v) is 11.6. The molecule has 4 aliphatic rings. The minimum atomic E-state index is -0.750. The van der Waals surface area contributed by atoms with Crippen LogP contribution in [0, 0.1) is 27.7 Å². The number of fused-ring (bicyclic) bond motifs is 4. The Bertz CT molecular complexity index is 2290. The Kier molecular flexibility index (Phi) is 22.7. The largest absolute Gasteiger partial charge is 1.00 e. The predicted molar refractivity (Wildman–Crippen MR) is 262 cm³/mol. The van der Waals surface area contributed by atoms with Crippen molar-refractivity contribution in [1.29, 1.82) is 0 Å². The Morgan fingerprint density at radius 2 is 1.00 bits per heavy atom. The van der Waals surface area contributed by atoms with Gasteiger partial charge in [-0.05, 0) is 132 Å². The van der Waals surface area contributed by atoms with Crippen LogP contribution in [0.2, 0.25) is 5.15 Å². The SMILES string of the molecule is C.CC(C)(C)OC(=O)N1C2CCC1CC(O)C2.CC(C)(C)[O-].Cc1ncccc1Oc1ncnc(Cl)c1C.Cc1ncccc1Oc1ncnc(OC2CC3CCC(C2)N3C(=O)OC(C)(C)C)c1C.[K+]. The van der Waals surface area contributed by atoms with Gasteiger partial charge in [-0.2, -0.15) is 0 Å². The number of amides is 2. The number of carbonyl (C=O) groups excluding carboxylic acids is 2. The van der Waals surface area contributed by atoms with Gasteiger partial charge in [0.25, 0.3) is 0 Å². The van der Waals surface area contributed by atoms with Crippen LogP contribution in [0.5, 0.6) is 29.1 Å². The first-order valence-electron chi connectivity index (χ1n) is 23.3.